The van der Waals surface area contributed by atoms with E-state index in [1.165, 1.54) is 64.0 Å². The van der Waals surface area contributed by atoms with E-state index in [0.29, 0.717) is 16.7 Å². The van der Waals surface area contributed by atoms with Crippen molar-refractivity contribution < 1.29 is 19.4 Å². The Balaban J connectivity index is 1.70. The molecule has 0 unspecified atom stereocenters. The molecule has 0 aliphatic carbocycles. The molecular weight excluding hydrogens is 404 g/mol. The lowest BCUT2D eigenvalue weighted by atomic mass is 9.99. The molecule has 2 aromatic rings. The molecular formula is C27H40O5. The average molecular weight is 445 g/mol. The van der Waals surface area contributed by atoms with Crippen LogP contribution in [-0.2, 0) is 17.6 Å². The minimum absolute atomic E-state index is 0.0707. The maximum atomic E-state index is 12.6. The third-order valence-corrected chi connectivity index (χ3v) is 5.86. The van der Waals surface area contributed by atoms with Crippen LogP contribution in [0.1, 0.15) is 103 Å². The van der Waals surface area contributed by atoms with Gasteiger partial charge in [-0.1, -0.05) is 57.8 Å². The van der Waals surface area contributed by atoms with Crippen LogP contribution in [0.4, 0.5) is 0 Å². The van der Waals surface area contributed by atoms with E-state index >= 15 is 0 Å². The Morgan fingerprint density at radius 2 is 1.47 bits per heavy atom. The van der Waals surface area contributed by atoms with Gasteiger partial charge in [0, 0.05) is 12.1 Å². The van der Waals surface area contributed by atoms with Gasteiger partial charge in [0.1, 0.15) is 22.9 Å². The average Bonchev–Trinajstić information content (AvgIpc) is 2.66. The number of unbranched alkanes of at least 4 members (excludes halogenated alkanes) is 9. The summed E-state index contributed by atoms with van der Waals surface area (Å²) in [4.78, 5) is 23.9. The van der Waals surface area contributed by atoms with E-state index in [2.05, 4.69) is 0 Å². The van der Waals surface area contributed by atoms with Crippen molar-refractivity contribution in [3.8, 4) is 5.75 Å². The highest BCUT2D eigenvalue weighted by Crippen LogP contribution is 2.25. The van der Waals surface area contributed by atoms with Crippen LogP contribution in [0.5, 0.6) is 5.75 Å². The van der Waals surface area contributed by atoms with Gasteiger partial charge in [-0.05, 0) is 51.7 Å². The van der Waals surface area contributed by atoms with Crippen molar-refractivity contribution in [2.75, 3.05) is 0 Å². The van der Waals surface area contributed by atoms with E-state index in [1.54, 1.807) is 6.07 Å². The molecule has 0 radical (unpaired) electrons. The molecule has 0 saturated carbocycles. The van der Waals surface area contributed by atoms with Crippen LogP contribution in [0.3, 0.4) is 0 Å². The maximum Gasteiger partial charge on any atom is 0.193 e. The summed E-state index contributed by atoms with van der Waals surface area (Å²) in [7, 11) is 0. The first-order valence-electron chi connectivity index (χ1n) is 12.2. The number of phenolic OH excluding ortho intramolecular Hbond substituents is 1. The first kappa shape index (κ1) is 26.1. The van der Waals surface area contributed by atoms with E-state index < -0.39 is 5.60 Å². The number of aromatic hydroxyl groups is 1. The Kier molecular flexibility index (Phi) is 10.4. The zero-order valence-electron chi connectivity index (χ0n) is 20.0. The smallest absolute Gasteiger partial charge is 0.193 e. The first-order chi connectivity index (χ1) is 15.2. The number of fused-ring (bicyclic) bond motifs is 1. The molecule has 0 spiro atoms. The molecule has 0 atom stereocenters. The van der Waals surface area contributed by atoms with E-state index in [4.69, 9.17) is 4.42 Å². The van der Waals surface area contributed by atoms with Crippen molar-refractivity contribution in [2.24, 2.45) is 0 Å². The minimum atomic E-state index is -0.534. The number of carbonyl (C=O) groups excluding carboxylic acids is 1. The van der Waals surface area contributed by atoms with Crippen molar-refractivity contribution >= 4 is 16.8 Å². The van der Waals surface area contributed by atoms with Crippen molar-refractivity contribution in [3.05, 3.63) is 39.7 Å². The number of ketones is 1. The van der Waals surface area contributed by atoms with Gasteiger partial charge >= 0.3 is 0 Å². The summed E-state index contributed by atoms with van der Waals surface area (Å²) >= 11 is 0. The minimum Gasteiger partial charge on any atom is -0.508 e. The Bertz CT molecular complexity index is 920. The molecule has 1 aromatic heterocycles. The molecule has 2 rings (SSSR count). The van der Waals surface area contributed by atoms with Gasteiger partial charge in [-0.25, -0.2) is 0 Å². The maximum absolute atomic E-state index is 12.6. The fraction of sp³-hybridized carbons (Fsp3) is 0.630. The number of hydrogen-bond acceptors (Lipinski definition) is 5. The molecule has 0 bridgehead atoms. The Morgan fingerprint density at radius 3 is 2.03 bits per heavy atom. The molecule has 1 aromatic carbocycles. The summed E-state index contributed by atoms with van der Waals surface area (Å²) in [6.45, 7) is 5.20. The molecule has 5 nitrogen and oxygen atoms in total. The van der Waals surface area contributed by atoms with E-state index in [1.807, 2.05) is 13.8 Å². The zero-order valence-corrected chi connectivity index (χ0v) is 20.0. The number of benzene rings is 1. The summed E-state index contributed by atoms with van der Waals surface area (Å²) < 4.78 is 5.71. The molecule has 32 heavy (non-hydrogen) atoms. The predicted molar refractivity (Wildman–Crippen MR) is 129 cm³/mol. The lowest BCUT2D eigenvalue weighted by molar-refractivity contribution is -0.116. The molecule has 0 aliphatic rings. The van der Waals surface area contributed by atoms with Gasteiger partial charge in [-0.3, -0.25) is 9.59 Å². The molecule has 0 aliphatic heterocycles. The standard InChI is InChI=1S/C27H40O5/c1-20(28)16-23-19-24(30)26-21(17-22(29)18-25(26)32-23)14-12-10-8-6-4-5-7-9-11-13-15-27(2,3)31/h17-19,29,31H,4-16H2,1-3H3. The number of aryl methyl sites for hydroxylation is 1. The number of Topliss-reactive ketones (excluding diaryl/α,β-unsaturated/α-hetero) is 1. The monoisotopic (exact) mass is 444 g/mol. The summed E-state index contributed by atoms with van der Waals surface area (Å²) in [5.41, 5.74) is 0.480. The lowest BCUT2D eigenvalue weighted by Gasteiger charge is -2.16. The molecule has 0 saturated heterocycles. The summed E-state index contributed by atoms with van der Waals surface area (Å²) in [5.74, 6) is 0.348. The van der Waals surface area contributed by atoms with E-state index in [-0.39, 0.29) is 23.4 Å². The quantitative estimate of drug-likeness (QED) is 0.318. The molecule has 0 fully saturated rings. The molecule has 2 N–H and O–H groups in total. The summed E-state index contributed by atoms with van der Waals surface area (Å²) in [6.07, 6.45) is 13.5. The Hall–Kier alpha value is -2.14. The summed E-state index contributed by atoms with van der Waals surface area (Å²) in [5, 5.41) is 20.3. The van der Waals surface area contributed by atoms with E-state index in [0.717, 1.165) is 37.7 Å². The van der Waals surface area contributed by atoms with Gasteiger partial charge in [0.05, 0.1) is 17.4 Å². The van der Waals surface area contributed by atoms with Crippen molar-refractivity contribution in [1.82, 2.24) is 0 Å². The number of hydrogen-bond donors (Lipinski definition) is 2. The molecule has 1 heterocycles. The second kappa shape index (κ2) is 12.8. The Labute approximate surface area is 191 Å². The Morgan fingerprint density at radius 1 is 0.906 bits per heavy atom. The highest BCUT2D eigenvalue weighted by molar-refractivity contribution is 5.83. The number of rotatable bonds is 15. The molecule has 178 valence electrons. The van der Waals surface area contributed by atoms with Crippen molar-refractivity contribution in [1.29, 1.82) is 0 Å². The van der Waals surface area contributed by atoms with E-state index in [9.17, 15) is 19.8 Å². The van der Waals surface area contributed by atoms with Crippen LogP contribution in [-0.4, -0.2) is 21.6 Å². The van der Waals surface area contributed by atoms with Gasteiger partial charge in [0.2, 0.25) is 0 Å². The second-order valence-electron chi connectivity index (χ2n) is 9.78. The largest absolute Gasteiger partial charge is 0.508 e. The van der Waals surface area contributed by atoms with Gasteiger partial charge in [-0.2, -0.15) is 0 Å². The number of carbonyl (C=O) groups is 1. The van der Waals surface area contributed by atoms with Gasteiger partial charge in [-0.15, -0.1) is 0 Å². The van der Waals surface area contributed by atoms with Crippen LogP contribution in [0.25, 0.3) is 11.0 Å². The number of aliphatic hydroxyl groups is 1. The van der Waals surface area contributed by atoms with Gasteiger partial charge < -0.3 is 14.6 Å². The molecule has 0 amide bonds. The first-order valence-corrected chi connectivity index (χ1v) is 12.2. The van der Waals surface area contributed by atoms with Crippen LogP contribution >= 0.6 is 0 Å². The zero-order chi connectivity index (χ0) is 23.6. The van der Waals surface area contributed by atoms with Crippen LogP contribution in [0.2, 0.25) is 0 Å². The third kappa shape index (κ3) is 9.56. The van der Waals surface area contributed by atoms with Crippen LogP contribution in [0.15, 0.2) is 27.4 Å². The second-order valence-corrected chi connectivity index (χ2v) is 9.78. The van der Waals surface area contributed by atoms with Crippen molar-refractivity contribution in [3.63, 3.8) is 0 Å². The predicted octanol–water partition coefficient (Wildman–Crippen LogP) is 6.23. The fourth-order valence-corrected chi connectivity index (χ4v) is 4.22. The molecule has 5 heteroatoms. The topological polar surface area (TPSA) is 87.7 Å². The summed E-state index contributed by atoms with van der Waals surface area (Å²) in [6, 6.07) is 4.51. The highest BCUT2D eigenvalue weighted by Gasteiger charge is 2.13. The van der Waals surface area contributed by atoms with Crippen LogP contribution < -0.4 is 5.43 Å². The van der Waals surface area contributed by atoms with Gasteiger partial charge in [0.25, 0.3) is 0 Å². The third-order valence-electron chi connectivity index (χ3n) is 5.86. The van der Waals surface area contributed by atoms with Gasteiger partial charge in [0.15, 0.2) is 5.43 Å². The number of phenols is 1. The van der Waals surface area contributed by atoms with Crippen molar-refractivity contribution in [2.45, 2.75) is 110 Å². The normalized spacial score (nSPS) is 11.9. The highest BCUT2D eigenvalue weighted by atomic mass is 16.3. The fourth-order valence-electron chi connectivity index (χ4n) is 4.22. The van der Waals surface area contributed by atoms with Crippen LogP contribution in [0, 0.1) is 0 Å². The SMILES string of the molecule is CC(=O)Cc1cc(=O)c2c(CCCCCCCCCCCCC(C)(C)O)cc(O)cc2o1. The lowest BCUT2D eigenvalue weighted by Crippen LogP contribution is -2.17.